The van der Waals surface area contributed by atoms with Gasteiger partial charge in [0.15, 0.2) is 0 Å². The van der Waals surface area contributed by atoms with E-state index in [1.807, 2.05) is 0 Å². The minimum absolute atomic E-state index is 0.0267. The van der Waals surface area contributed by atoms with Crippen molar-refractivity contribution in [2.75, 3.05) is 6.61 Å². The number of hydrogen-bond acceptors (Lipinski definition) is 8. The van der Waals surface area contributed by atoms with Gasteiger partial charge in [-0.25, -0.2) is 19.2 Å². The molecular weight excluding hydrogens is 721 g/mol. The fraction of sp³-hybridized carbons (Fsp3) is 0.636. The minimum atomic E-state index is -1.04. The lowest BCUT2D eigenvalue weighted by molar-refractivity contribution is -0.180. The van der Waals surface area contributed by atoms with Gasteiger partial charge in [0.05, 0.1) is 6.61 Å². The van der Waals surface area contributed by atoms with Crippen LogP contribution in [0.4, 0.5) is 0 Å². The van der Waals surface area contributed by atoms with Gasteiger partial charge in [-0.3, -0.25) is 0 Å². The van der Waals surface area contributed by atoms with Gasteiger partial charge in [-0.05, 0) is 128 Å². The molecule has 2 aromatic heterocycles. The number of carbonyl (C=O) groups is 4. The first-order chi connectivity index (χ1) is 25.3. The zero-order valence-corrected chi connectivity index (χ0v) is 34.5. The lowest BCUT2D eigenvalue weighted by Gasteiger charge is -2.67. The molecule has 8 atom stereocenters. The molecule has 8 nitrogen and oxygen atoms in total. The lowest BCUT2D eigenvalue weighted by Crippen LogP contribution is -2.62. The Balaban J connectivity index is 1.11. The highest BCUT2D eigenvalue weighted by Crippen LogP contribution is 2.73. The standard InChI is InChI=1S/C44H56O8S2/c1-39(2)32-16-20-44(7)33(42(32,5)19-17-34(39)52-38(50)31-14-12-29(54-31)36(47)48)10-8-9-27-26-15-18-40(3,21-22-41(26,4)23-24-43(27,44)6)25-51-37(49)30-13-11-28(53-30)35(45)46/h8,10-14,32-34H,9,15-25H2,1-7H3,(H,45,46)(H,47,48)/t32?,33?,34?,40-,41?,42?,43-,44?/m1/s1. The van der Waals surface area contributed by atoms with Gasteiger partial charge in [-0.2, -0.15) is 0 Å². The molecule has 292 valence electrons. The maximum atomic E-state index is 13.3. The van der Waals surface area contributed by atoms with Crippen LogP contribution in [0, 0.1) is 44.3 Å². The van der Waals surface area contributed by atoms with Gasteiger partial charge in [-0.15, -0.1) is 22.7 Å². The van der Waals surface area contributed by atoms with E-state index in [2.05, 4.69) is 60.6 Å². The molecule has 7 rings (SSSR count). The van der Waals surface area contributed by atoms with Crippen LogP contribution in [0.25, 0.3) is 0 Å². The van der Waals surface area contributed by atoms with Crippen molar-refractivity contribution in [2.45, 2.75) is 125 Å². The van der Waals surface area contributed by atoms with E-state index < -0.39 is 23.9 Å². The van der Waals surface area contributed by atoms with Crippen LogP contribution in [0.1, 0.15) is 158 Å². The highest BCUT2D eigenvalue weighted by atomic mass is 32.1. The van der Waals surface area contributed by atoms with Crippen LogP contribution in [0.5, 0.6) is 0 Å². The summed E-state index contributed by atoms with van der Waals surface area (Å²) in [6.45, 7) is 17.3. The molecule has 6 unspecified atom stereocenters. The van der Waals surface area contributed by atoms with Crippen molar-refractivity contribution in [3.05, 3.63) is 67.1 Å². The highest BCUT2D eigenvalue weighted by Gasteiger charge is 2.66. The monoisotopic (exact) mass is 776 g/mol. The number of carbonyl (C=O) groups excluding carboxylic acids is 2. The first-order valence-electron chi connectivity index (χ1n) is 19.7. The van der Waals surface area contributed by atoms with Crippen LogP contribution >= 0.6 is 22.7 Å². The van der Waals surface area contributed by atoms with Crippen LogP contribution in [-0.4, -0.2) is 46.8 Å². The summed E-state index contributed by atoms with van der Waals surface area (Å²) in [7, 11) is 0. The Bertz CT molecular complexity index is 1930. The van der Waals surface area contributed by atoms with E-state index in [4.69, 9.17) is 9.47 Å². The molecule has 0 aromatic carbocycles. The van der Waals surface area contributed by atoms with Crippen molar-refractivity contribution in [3.8, 4) is 0 Å². The van der Waals surface area contributed by atoms with E-state index in [-0.39, 0.29) is 48.3 Å². The number of fused-ring (bicyclic) bond motifs is 6. The molecule has 0 aliphatic heterocycles. The summed E-state index contributed by atoms with van der Waals surface area (Å²) >= 11 is 1.94. The molecule has 0 bridgehead atoms. The predicted molar refractivity (Wildman–Crippen MR) is 210 cm³/mol. The number of allylic oxidation sites excluding steroid dienone is 4. The normalized spacial score (nSPS) is 37.1. The van der Waals surface area contributed by atoms with Crippen molar-refractivity contribution >= 4 is 46.6 Å². The van der Waals surface area contributed by atoms with Crippen LogP contribution in [-0.2, 0) is 9.47 Å². The van der Waals surface area contributed by atoms with Crippen LogP contribution in [0.2, 0.25) is 0 Å². The number of esters is 2. The number of hydrogen-bond donors (Lipinski definition) is 2. The van der Waals surface area contributed by atoms with Crippen molar-refractivity contribution in [1.82, 2.24) is 0 Å². The second-order valence-electron chi connectivity index (χ2n) is 19.1. The Morgan fingerprint density at radius 1 is 0.722 bits per heavy atom. The Kier molecular flexibility index (Phi) is 9.72. The van der Waals surface area contributed by atoms with E-state index in [9.17, 15) is 29.4 Å². The van der Waals surface area contributed by atoms with Gasteiger partial charge in [0.25, 0.3) is 0 Å². The Labute approximate surface area is 327 Å². The SMILES string of the molecule is CC12CC[C@](C)(COC(=O)c3ccc(C(=O)O)s3)CCC1=C1CC=CC3C4(C)CCC(OC(=O)c5ccc(C(=O)O)s5)C(C)(C)C4CCC3(C)[C@]1(C)CC2. The van der Waals surface area contributed by atoms with Gasteiger partial charge < -0.3 is 19.7 Å². The van der Waals surface area contributed by atoms with E-state index >= 15 is 0 Å². The molecule has 0 saturated heterocycles. The molecule has 10 heteroatoms. The van der Waals surface area contributed by atoms with Gasteiger partial charge in [0, 0.05) is 10.8 Å². The zero-order valence-electron chi connectivity index (χ0n) is 32.8. The predicted octanol–water partition coefficient (Wildman–Crippen LogP) is 11.1. The molecule has 0 radical (unpaired) electrons. The van der Waals surface area contributed by atoms with E-state index in [1.165, 1.54) is 12.1 Å². The quantitative estimate of drug-likeness (QED) is 0.210. The Hall–Kier alpha value is -3.24. The average molecular weight is 777 g/mol. The second kappa shape index (κ2) is 13.5. The number of thiophene rings is 2. The summed E-state index contributed by atoms with van der Waals surface area (Å²) in [6.07, 6.45) is 15.9. The third-order valence-corrected chi connectivity index (χ3v) is 17.9. The second-order valence-corrected chi connectivity index (χ2v) is 21.2. The van der Waals surface area contributed by atoms with Crippen molar-refractivity contribution < 1.29 is 38.9 Å². The third-order valence-electron chi connectivity index (χ3n) is 15.8. The smallest absolute Gasteiger partial charge is 0.348 e. The first-order valence-corrected chi connectivity index (χ1v) is 21.3. The van der Waals surface area contributed by atoms with Gasteiger partial charge in [-0.1, -0.05) is 71.8 Å². The Morgan fingerprint density at radius 3 is 1.96 bits per heavy atom. The Morgan fingerprint density at radius 2 is 1.33 bits per heavy atom. The summed E-state index contributed by atoms with van der Waals surface area (Å²) in [5, 5.41) is 18.7. The number of ether oxygens (including phenoxy) is 2. The van der Waals surface area contributed by atoms with Gasteiger partial charge in [0.1, 0.15) is 25.6 Å². The molecule has 3 fully saturated rings. The summed E-state index contributed by atoms with van der Waals surface area (Å²) < 4.78 is 12.1. The fourth-order valence-corrected chi connectivity index (χ4v) is 13.6. The van der Waals surface area contributed by atoms with E-state index in [0.29, 0.717) is 28.2 Å². The molecular formula is C44H56O8S2. The number of aromatic carboxylic acids is 2. The number of carboxylic acid groups (broad SMARTS) is 2. The largest absolute Gasteiger partial charge is 0.477 e. The molecule has 0 amide bonds. The molecule has 5 aliphatic rings. The van der Waals surface area contributed by atoms with Crippen molar-refractivity contribution in [2.24, 2.45) is 44.3 Å². The highest BCUT2D eigenvalue weighted by molar-refractivity contribution is 7.16. The summed E-state index contributed by atoms with van der Waals surface area (Å²) in [6, 6.07) is 6.05. The topological polar surface area (TPSA) is 127 Å². The molecule has 0 spiro atoms. The van der Waals surface area contributed by atoms with Crippen molar-refractivity contribution in [1.29, 1.82) is 0 Å². The fourth-order valence-electron chi connectivity index (χ4n) is 12.2. The van der Waals surface area contributed by atoms with Gasteiger partial charge in [0.2, 0.25) is 0 Å². The molecule has 5 aliphatic carbocycles. The molecule has 2 aromatic rings. The molecule has 2 heterocycles. The van der Waals surface area contributed by atoms with Crippen molar-refractivity contribution in [3.63, 3.8) is 0 Å². The molecule has 3 saturated carbocycles. The summed E-state index contributed by atoms with van der Waals surface area (Å²) in [4.78, 5) is 50.0. The zero-order chi connectivity index (χ0) is 39.1. The van der Waals surface area contributed by atoms with Gasteiger partial charge >= 0.3 is 23.9 Å². The maximum absolute atomic E-state index is 13.3. The number of rotatable bonds is 7. The molecule has 2 N–H and O–H groups in total. The van der Waals surface area contributed by atoms with Crippen LogP contribution in [0.15, 0.2) is 47.6 Å². The lowest BCUT2D eigenvalue weighted by atomic mass is 9.37. The summed E-state index contributed by atoms with van der Waals surface area (Å²) in [5.74, 6) is -2.21. The van der Waals surface area contributed by atoms with Crippen LogP contribution in [0.3, 0.4) is 0 Å². The maximum Gasteiger partial charge on any atom is 0.348 e. The van der Waals surface area contributed by atoms with E-state index in [0.717, 1.165) is 93.3 Å². The van der Waals surface area contributed by atoms with E-state index in [1.54, 1.807) is 23.3 Å². The average Bonchev–Trinajstić information content (AvgIpc) is 3.77. The first kappa shape index (κ1) is 39.0. The third kappa shape index (κ3) is 6.22. The minimum Gasteiger partial charge on any atom is -0.477 e. The molecule has 54 heavy (non-hydrogen) atoms. The van der Waals surface area contributed by atoms with Crippen LogP contribution < -0.4 is 0 Å². The summed E-state index contributed by atoms with van der Waals surface area (Å²) in [5.41, 5.74) is 3.07. The number of carboxylic acids is 2.